The molecule has 0 aromatic carbocycles. The van der Waals surface area contributed by atoms with E-state index in [-0.39, 0.29) is 17.5 Å². The van der Waals surface area contributed by atoms with E-state index in [4.69, 9.17) is 11.0 Å². The molecule has 4 rings (SSSR count). The summed E-state index contributed by atoms with van der Waals surface area (Å²) in [7, 11) is 0. The number of halogens is 3. The predicted octanol–water partition coefficient (Wildman–Crippen LogP) is 4.46. The first-order chi connectivity index (χ1) is 14.5. The Labute approximate surface area is 179 Å². The van der Waals surface area contributed by atoms with E-state index >= 15 is 0 Å². The van der Waals surface area contributed by atoms with Gasteiger partial charge in [0, 0.05) is 48.5 Å². The highest BCUT2D eigenvalue weighted by atomic mass is 19.4. The van der Waals surface area contributed by atoms with Crippen LogP contribution in [0.5, 0.6) is 0 Å². The molecular weight excluding hydrogens is 405 g/mol. The zero-order valence-corrected chi connectivity index (χ0v) is 18.1. The third-order valence-corrected chi connectivity index (χ3v) is 6.93. The van der Waals surface area contributed by atoms with Crippen LogP contribution < -0.4 is 5.73 Å². The van der Waals surface area contributed by atoms with Gasteiger partial charge in [0.1, 0.15) is 5.82 Å². The van der Waals surface area contributed by atoms with Crippen molar-refractivity contribution in [3.63, 3.8) is 0 Å². The molecule has 2 aromatic heterocycles. The second-order valence-corrected chi connectivity index (χ2v) is 9.38. The number of aromatic nitrogens is 3. The van der Waals surface area contributed by atoms with Gasteiger partial charge in [-0.1, -0.05) is 6.92 Å². The third-order valence-electron chi connectivity index (χ3n) is 6.93. The molecule has 2 N–H and O–H groups in total. The maximum absolute atomic E-state index is 13.3. The molecule has 1 aliphatic carbocycles. The monoisotopic (exact) mass is 432 g/mol. The van der Waals surface area contributed by atoms with Gasteiger partial charge in [-0.3, -0.25) is 9.58 Å². The van der Waals surface area contributed by atoms with E-state index in [1.807, 2.05) is 24.6 Å². The van der Waals surface area contributed by atoms with E-state index in [2.05, 4.69) is 34.9 Å². The van der Waals surface area contributed by atoms with Gasteiger partial charge in [0.25, 0.3) is 0 Å². The van der Waals surface area contributed by atoms with Crippen molar-refractivity contribution in [2.24, 2.45) is 11.3 Å². The number of nitrogens with two attached hydrogens (primary N) is 1. The van der Waals surface area contributed by atoms with Gasteiger partial charge in [-0.25, -0.2) is 4.98 Å². The Balaban J connectivity index is 1.65. The van der Waals surface area contributed by atoms with Crippen LogP contribution in [0, 0.1) is 22.7 Å². The number of anilines is 1. The summed E-state index contributed by atoms with van der Waals surface area (Å²) in [4.78, 5) is 6.12. The molecule has 1 saturated carbocycles. The zero-order chi connectivity index (χ0) is 22.7. The minimum atomic E-state index is -4.57. The van der Waals surface area contributed by atoms with Crippen molar-refractivity contribution in [3.05, 3.63) is 29.6 Å². The molecule has 0 bridgehead atoms. The molecule has 2 aliphatic rings. The van der Waals surface area contributed by atoms with E-state index in [0.29, 0.717) is 29.5 Å². The number of likely N-dealkylation sites (tertiary alicyclic amines) is 1. The van der Waals surface area contributed by atoms with Crippen molar-refractivity contribution in [2.75, 3.05) is 18.8 Å². The van der Waals surface area contributed by atoms with Crippen molar-refractivity contribution in [3.8, 4) is 17.3 Å². The first-order valence-corrected chi connectivity index (χ1v) is 10.5. The van der Waals surface area contributed by atoms with E-state index in [1.54, 1.807) is 0 Å². The summed E-state index contributed by atoms with van der Waals surface area (Å²) in [5.41, 5.74) is 6.43. The summed E-state index contributed by atoms with van der Waals surface area (Å²) in [6.07, 6.45) is -2.71. The lowest BCUT2D eigenvalue weighted by atomic mass is 10.0. The Morgan fingerprint density at radius 3 is 2.58 bits per heavy atom. The lowest BCUT2D eigenvalue weighted by molar-refractivity contribution is -0.137. The number of hydrogen-bond donors (Lipinski definition) is 1. The molecule has 2 unspecified atom stereocenters. The highest BCUT2D eigenvalue weighted by molar-refractivity contribution is 5.63. The molecule has 1 aliphatic heterocycles. The van der Waals surface area contributed by atoms with E-state index < -0.39 is 17.6 Å². The Morgan fingerprint density at radius 2 is 2.03 bits per heavy atom. The van der Waals surface area contributed by atoms with Crippen molar-refractivity contribution in [2.45, 2.75) is 58.3 Å². The van der Waals surface area contributed by atoms with Crippen molar-refractivity contribution in [1.82, 2.24) is 19.7 Å². The minimum Gasteiger partial charge on any atom is -0.383 e. The maximum atomic E-state index is 13.3. The van der Waals surface area contributed by atoms with Gasteiger partial charge in [0.2, 0.25) is 0 Å². The second kappa shape index (κ2) is 7.23. The highest BCUT2D eigenvalue weighted by Gasteiger charge is 2.67. The first kappa shape index (κ1) is 21.6. The number of alkyl halides is 3. The quantitative estimate of drug-likeness (QED) is 0.754. The summed E-state index contributed by atoms with van der Waals surface area (Å²) >= 11 is 0. The molecule has 9 heteroatoms. The smallest absolute Gasteiger partial charge is 0.383 e. The molecule has 0 spiro atoms. The topological polar surface area (TPSA) is 83.8 Å². The number of hydrogen-bond acceptors (Lipinski definition) is 5. The lowest BCUT2D eigenvalue weighted by Crippen LogP contribution is -2.34. The van der Waals surface area contributed by atoms with Gasteiger partial charge in [0.15, 0.2) is 0 Å². The fourth-order valence-electron chi connectivity index (χ4n) is 5.12. The van der Waals surface area contributed by atoms with Crippen LogP contribution in [0.1, 0.15) is 57.3 Å². The SMILES string of the molecule is CC(CC#N)N1C[C@H]2[C@H](c3cc(-c4cnc(N)c(C(F)(F)F)c4)nn3C(C)C)C2(C)C1. The zero-order valence-electron chi connectivity index (χ0n) is 18.1. The Hall–Kier alpha value is -2.60. The Bertz CT molecular complexity index is 1040. The third kappa shape index (κ3) is 3.57. The molecule has 0 amide bonds. The summed E-state index contributed by atoms with van der Waals surface area (Å²) in [5.74, 6) is 0.215. The standard InChI is InChI=1S/C22H27F3N6/c1-12(2)31-18(19-16-10-30(11-21(16,19)4)13(3)5-6-26)8-17(29-31)14-7-15(22(23,24)25)20(27)28-9-14/h7-9,12-13,16,19H,5,10-11H2,1-4H3,(H2,27,28)/t13?,16-,19+,21?/m0/s1. The van der Waals surface area contributed by atoms with Crippen LogP contribution in [-0.2, 0) is 6.18 Å². The van der Waals surface area contributed by atoms with E-state index in [9.17, 15) is 13.2 Å². The van der Waals surface area contributed by atoms with Crippen LogP contribution in [0.4, 0.5) is 19.0 Å². The predicted molar refractivity (Wildman–Crippen MR) is 111 cm³/mol. The summed E-state index contributed by atoms with van der Waals surface area (Å²) in [6.45, 7) is 10.2. The van der Waals surface area contributed by atoms with E-state index in [0.717, 1.165) is 24.8 Å². The number of pyridine rings is 1. The first-order valence-electron chi connectivity index (χ1n) is 10.5. The molecule has 6 nitrogen and oxygen atoms in total. The van der Waals surface area contributed by atoms with Crippen molar-refractivity contribution in [1.29, 1.82) is 5.26 Å². The van der Waals surface area contributed by atoms with Gasteiger partial charge >= 0.3 is 6.18 Å². The van der Waals surface area contributed by atoms with Crippen LogP contribution in [0.3, 0.4) is 0 Å². The van der Waals surface area contributed by atoms with Crippen LogP contribution >= 0.6 is 0 Å². The van der Waals surface area contributed by atoms with Gasteiger partial charge in [0.05, 0.1) is 23.7 Å². The fourth-order valence-corrected chi connectivity index (χ4v) is 5.12. The van der Waals surface area contributed by atoms with E-state index in [1.165, 1.54) is 6.20 Å². The number of nitrogens with zero attached hydrogens (tertiary/aromatic N) is 5. The number of nitrogen functional groups attached to an aromatic ring is 1. The van der Waals surface area contributed by atoms with Gasteiger partial charge in [-0.15, -0.1) is 0 Å². The second-order valence-electron chi connectivity index (χ2n) is 9.38. The molecule has 2 fully saturated rings. The van der Waals surface area contributed by atoms with Crippen molar-refractivity contribution >= 4 is 5.82 Å². The maximum Gasteiger partial charge on any atom is 0.419 e. The normalized spacial score (nSPS) is 26.7. The van der Waals surface area contributed by atoms with Crippen LogP contribution in [-0.4, -0.2) is 38.8 Å². The number of nitriles is 1. The average molecular weight is 432 g/mol. The minimum absolute atomic E-state index is 0.0751. The summed E-state index contributed by atoms with van der Waals surface area (Å²) in [5, 5.41) is 13.6. The molecule has 166 valence electrons. The molecule has 31 heavy (non-hydrogen) atoms. The number of rotatable bonds is 5. The number of piperidine rings is 1. The van der Waals surface area contributed by atoms with Crippen molar-refractivity contribution < 1.29 is 13.2 Å². The van der Waals surface area contributed by atoms with Crippen LogP contribution in [0.15, 0.2) is 18.3 Å². The molecular formula is C22H27F3N6. The highest BCUT2D eigenvalue weighted by Crippen LogP contribution is 2.68. The Morgan fingerprint density at radius 1 is 1.32 bits per heavy atom. The largest absolute Gasteiger partial charge is 0.419 e. The summed E-state index contributed by atoms with van der Waals surface area (Å²) < 4.78 is 41.8. The Kier molecular flexibility index (Phi) is 5.04. The molecule has 4 atom stereocenters. The van der Waals surface area contributed by atoms with Gasteiger partial charge in [-0.05, 0) is 44.2 Å². The van der Waals surface area contributed by atoms with Gasteiger partial charge < -0.3 is 5.73 Å². The van der Waals surface area contributed by atoms with Gasteiger partial charge in [-0.2, -0.15) is 23.5 Å². The van der Waals surface area contributed by atoms with Crippen LogP contribution in [0.25, 0.3) is 11.3 Å². The summed E-state index contributed by atoms with van der Waals surface area (Å²) in [6, 6.07) is 5.48. The van der Waals surface area contributed by atoms with Crippen LogP contribution in [0.2, 0.25) is 0 Å². The fraction of sp³-hybridized carbons (Fsp3) is 0.591. The average Bonchev–Trinajstić information content (AvgIpc) is 3.02. The molecule has 3 heterocycles. The molecule has 0 radical (unpaired) electrons. The lowest BCUT2D eigenvalue weighted by Gasteiger charge is -2.27. The molecule has 2 aromatic rings. The number of fused-ring (bicyclic) bond motifs is 1. The molecule has 1 saturated heterocycles.